The third kappa shape index (κ3) is 5.80. The number of rotatable bonds is 9. The van der Waals surface area contributed by atoms with Gasteiger partial charge in [-0.2, -0.15) is 4.74 Å². The summed E-state index contributed by atoms with van der Waals surface area (Å²) in [7, 11) is 1.56. The Labute approximate surface area is 231 Å². The summed E-state index contributed by atoms with van der Waals surface area (Å²) in [6.07, 6.45) is -1.07. The standard InChI is InChI=1S/C29H32N6O5/c1-6-31-24-22(27(37)33-19-11-8-18(9-12-19)23-17(4)40-35(5)29(23)39)13-16(3)32-25(24)28(38)34-20-10-7-15(2)21(14-20)26(30)36/h7-14,27,31,33,37H,6H2,1-5H3,(H2,30,36)(H,34,38)/p+1. The molecular formula is C29H33N6O5+. The molecule has 2 aromatic heterocycles. The number of hydrogen-bond donors (Lipinski definition) is 5. The molecule has 0 aliphatic rings. The van der Waals surface area contributed by atoms with E-state index in [2.05, 4.69) is 15.6 Å². The SMILES string of the molecule is CCNc1c(C(O)[NH2+]c2ccc(-c3c(C)on(C)c3=O)cc2)cc(C)nc1C(=O)Nc1ccc(C)c(C(N)=O)c1. The van der Waals surface area contributed by atoms with Crippen molar-refractivity contribution in [1.82, 2.24) is 9.72 Å². The van der Waals surface area contributed by atoms with Crippen LogP contribution in [0.3, 0.4) is 0 Å². The minimum atomic E-state index is -1.07. The number of primary amides is 1. The molecule has 11 heteroatoms. The number of pyridine rings is 1. The molecule has 0 spiro atoms. The number of aryl methyl sites for hydroxylation is 4. The third-order valence-corrected chi connectivity index (χ3v) is 6.50. The van der Waals surface area contributed by atoms with Crippen molar-refractivity contribution in [2.75, 3.05) is 17.2 Å². The van der Waals surface area contributed by atoms with E-state index in [4.69, 9.17) is 10.3 Å². The van der Waals surface area contributed by atoms with Gasteiger partial charge in [0, 0.05) is 30.5 Å². The van der Waals surface area contributed by atoms with Crippen LogP contribution in [0, 0.1) is 20.8 Å². The maximum absolute atomic E-state index is 13.3. The first-order chi connectivity index (χ1) is 19.0. The summed E-state index contributed by atoms with van der Waals surface area (Å²) in [5, 5.41) is 18.8. The van der Waals surface area contributed by atoms with Crippen LogP contribution in [0.1, 0.15) is 56.6 Å². The number of carbonyl (C=O) groups is 2. The van der Waals surface area contributed by atoms with Gasteiger partial charge in [0.2, 0.25) is 12.1 Å². The van der Waals surface area contributed by atoms with Crippen LogP contribution in [0.25, 0.3) is 11.1 Å². The highest BCUT2D eigenvalue weighted by atomic mass is 16.5. The fourth-order valence-electron chi connectivity index (χ4n) is 4.57. The van der Waals surface area contributed by atoms with Gasteiger partial charge in [0.1, 0.15) is 11.4 Å². The van der Waals surface area contributed by atoms with Crippen LogP contribution in [0.2, 0.25) is 0 Å². The molecular weight excluding hydrogens is 512 g/mol. The first kappa shape index (κ1) is 28.3. The smallest absolute Gasteiger partial charge is 0.290 e. The molecule has 1 unspecified atom stereocenters. The molecule has 0 bridgehead atoms. The monoisotopic (exact) mass is 545 g/mol. The summed E-state index contributed by atoms with van der Waals surface area (Å²) in [6, 6.07) is 13.8. The van der Waals surface area contributed by atoms with E-state index < -0.39 is 18.0 Å². The van der Waals surface area contributed by atoms with Crippen molar-refractivity contribution >= 4 is 28.9 Å². The first-order valence-electron chi connectivity index (χ1n) is 12.8. The molecule has 40 heavy (non-hydrogen) atoms. The van der Waals surface area contributed by atoms with E-state index in [-0.39, 0.29) is 11.3 Å². The first-order valence-corrected chi connectivity index (χ1v) is 12.8. The van der Waals surface area contributed by atoms with Gasteiger partial charge in [0.15, 0.2) is 5.69 Å². The number of nitrogens with zero attached hydrogens (tertiary/aromatic N) is 2. The Balaban J connectivity index is 1.62. The lowest BCUT2D eigenvalue weighted by atomic mass is 10.1. The van der Waals surface area contributed by atoms with Crippen molar-refractivity contribution in [2.24, 2.45) is 12.8 Å². The third-order valence-electron chi connectivity index (χ3n) is 6.50. The van der Waals surface area contributed by atoms with Crippen LogP contribution in [0.4, 0.5) is 17.1 Å². The molecule has 1 atom stereocenters. The van der Waals surface area contributed by atoms with Crippen LogP contribution in [-0.4, -0.2) is 33.2 Å². The van der Waals surface area contributed by atoms with Crippen molar-refractivity contribution in [3.8, 4) is 11.1 Å². The highest BCUT2D eigenvalue weighted by Gasteiger charge is 2.25. The maximum Gasteiger partial charge on any atom is 0.290 e. The molecule has 0 saturated heterocycles. The van der Waals surface area contributed by atoms with Crippen molar-refractivity contribution in [3.63, 3.8) is 0 Å². The Hall–Kier alpha value is -4.74. The largest absolute Gasteiger partial charge is 0.383 e. The predicted molar refractivity (Wildman–Crippen MR) is 151 cm³/mol. The lowest BCUT2D eigenvalue weighted by Gasteiger charge is -2.19. The van der Waals surface area contributed by atoms with E-state index in [9.17, 15) is 19.5 Å². The second kappa shape index (κ2) is 11.6. The highest BCUT2D eigenvalue weighted by molar-refractivity contribution is 6.07. The molecule has 4 rings (SSSR count). The Morgan fingerprint density at radius 1 is 1.12 bits per heavy atom. The van der Waals surface area contributed by atoms with Crippen LogP contribution in [0.15, 0.2) is 57.8 Å². The van der Waals surface area contributed by atoms with Gasteiger partial charge in [0.25, 0.3) is 11.5 Å². The number of aromatic nitrogens is 2. The molecule has 2 aromatic carbocycles. The van der Waals surface area contributed by atoms with Crippen molar-refractivity contribution in [1.29, 1.82) is 0 Å². The van der Waals surface area contributed by atoms with Crippen molar-refractivity contribution in [3.05, 3.63) is 92.7 Å². The van der Waals surface area contributed by atoms with Gasteiger partial charge in [-0.1, -0.05) is 6.07 Å². The van der Waals surface area contributed by atoms with E-state index in [0.29, 0.717) is 57.2 Å². The van der Waals surface area contributed by atoms with Crippen molar-refractivity contribution < 1.29 is 24.5 Å². The average molecular weight is 546 g/mol. The van der Waals surface area contributed by atoms with Gasteiger partial charge in [-0.25, -0.2) is 4.98 Å². The van der Waals surface area contributed by atoms with E-state index in [0.717, 1.165) is 5.69 Å². The van der Waals surface area contributed by atoms with Gasteiger partial charge >= 0.3 is 0 Å². The molecule has 0 aliphatic carbocycles. The molecule has 7 N–H and O–H groups in total. The number of anilines is 2. The van der Waals surface area contributed by atoms with Gasteiger partial charge in [-0.05, 0) is 81.3 Å². The number of amides is 2. The van der Waals surface area contributed by atoms with Gasteiger partial charge in [0.05, 0.1) is 16.8 Å². The molecule has 0 radical (unpaired) electrons. The van der Waals surface area contributed by atoms with Gasteiger partial charge < -0.3 is 26.0 Å². The highest BCUT2D eigenvalue weighted by Crippen LogP contribution is 2.27. The summed E-state index contributed by atoms with van der Waals surface area (Å²) < 4.78 is 6.57. The summed E-state index contributed by atoms with van der Waals surface area (Å²) in [4.78, 5) is 41.9. The normalized spacial score (nSPS) is 11.8. The zero-order chi connectivity index (χ0) is 29.1. The van der Waals surface area contributed by atoms with Crippen molar-refractivity contribution in [2.45, 2.75) is 33.9 Å². The second-order valence-corrected chi connectivity index (χ2v) is 9.51. The average Bonchev–Trinajstić information content (AvgIpc) is 3.16. The topological polar surface area (TPSA) is 169 Å². The number of carbonyl (C=O) groups excluding carboxylic acids is 2. The summed E-state index contributed by atoms with van der Waals surface area (Å²) in [5.41, 5.74) is 10.1. The number of hydrogen-bond acceptors (Lipinski definition) is 7. The van der Waals surface area contributed by atoms with Crippen LogP contribution >= 0.6 is 0 Å². The molecule has 0 saturated carbocycles. The zero-order valence-electron chi connectivity index (χ0n) is 23.0. The maximum atomic E-state index is 13.3. The zero-order valence-corrected chi connectivity index (χ0v) is 23.0. The van der Waals surface area contributed by atoms with E-state index in [1.807, 2.05) is 6.92 Å². The number of aliphatic hydroxyl groups is 1. The molecule has 0 fully saturated rings. The quantitative estimate of drug-likeness (QED) is 0.159. The second-order valence-electron chi connectivity index (χ2n) is 9.51. The minimum Gasteiger partial charge on any atom is -0.383 e. The fraction of sp³-hybridized carbons (Fsp3) is 0.241. The Kier molecular flexibility index (Phi) is 8.17. The van der Waals surface area contributed by atoms with Crippen LogP contribution < -0.4 is 27.2 Å². The van der Waals surface area contributed by atoms with E-state index in [1.54, 1.807) is 75.6 Å². The molecule has 4 aromatic rings. The number of nitrogens with two attached hydrogens (primary N) is 2. The Morgan fingerprint density at radius 2 is 1.82 bits per heavy atom. The summed E-state index contributed by atoms with van der Waals surface area (Å²) >= 11 is 0. The lowest BCUT2D eigenvalue weighted by molar-refractivity contribution is -0.661. The van der Waals surface area contributed by atoms with E-state index >= 15 is 0 Å². The predicted octanol–water partition coefficient (Wildman–Crippen LogP) is 2.63. The van der Waals surface area contributed by atoms with Crippen LogP contribution in [-0.2, 0) is 7.05 Å². The number of aliphatic hydroxyl groups excluding tert-OH is 1. The number of benzene rings is 2. The van der Waals surface area contributed by atoms with E-state index in [1.165, 1.54) is 10.8 Å². The Bertz CT molecular complexity index is 1640. The summed E-state index contributed by atoms with van der Waals surface area (Å²) in [5.74, 6) is -0.574. The fourth-order valence-corrected chi connectivity index (χ4v) is 4.57. The molecule has 208 valence electrons. The van der Waals surface area contributed by atoms with Gasteiger partial charge in [-0.15, -0.1) is 0 Å². The molecule has 2 amide bonds. The summed E-state index contributed by atoms with van der Waals surface area (Å²) in [6.45, 7) is 7.59. The number of quaternary nitrogens is 1. The Morgan fingerprint density at radius 3 is 2.42 bits per heavy atom. The van der Waals surface area contributed by atoms with Gasteiger partial charge in [-0.3, -0.25) is 19.7 Å². The lowest BCUT2D eigenvalue weighted by Crippen LogP contribution is -2.79. The minimum absolute atomic E-state index is 0.104. The molecule has 0 aliphatic heterocycles. The molecule has 2 heterocycles. The molecule has 11 nitrogen and oxygen atoms in total. The van der Waals surface area contributed by atoms with Crippen LogP contribution in [0.5, 0.6) is 0 Å². The number of nitrogens with one attached hydrogen (secondary N) is 2.